The third-order valence-electron chi connectivity index (χ3n) is 3.01. The van der Waals surface area contributed by atoms with Crippen LogP contribution in [0.5, 0.6) is 0 Å². The molecule has 0 saturated carbocycles. The number of nitrogens with one attached hydrogen (secondary N) is 1. The van der Waals surface area contributed by atoms with Gasteiger partial charge in [0.15, 0.2) is 0 Å². The molecule has 18 heavy (non-hydrogen) atoms. The summed E-state index contributed by atoms with van der Waals surface area (Å²) in [5.41, 5.74) is 2.84. The molecule has 0 heterocycles. The minimum atomic E-state index is -0.0663. The Balaban J connectivity index is 2.77. The van der Waals surface area contributed by atoms with E-state index in [0.29, 0.717) is 24.5 Å². The molecule has 4 heteroatoms. The maximum absolute atomic E-state index is 12.2. The van der Waals surface area contributed by atoms with Gasteiger partial charge in [-0.25, -0.2) is 0 Å². The molecule has 0 fully saturated rings. The second-order valence-corrected chi connectivity index (χ2v) is 4.73. The van der Waals surface area contributed by atoms with Gasteiger partial charge in [-0.05, 0) is 37.5 Å². The number of halogens is 1. The fraction of sp³-hybridized carbons (Fsp3) is 0.500. The maximum Gasteiger partial charge on any atom is 0.251 e. The molecule has 1 unspecified atom stereocenters. The Hall–Kier alpha value is -1.06. The van der Waals surface area contributed by atoms with Gasteiger partial charge < -0.3 is 10.1 Å². The number of carbonyl (C=O) groups is 1. The maximum atomic E-state index is 12.2. The third kappa shape index (κ3) is 4.00. The Morgan fingerprint density at radius 2 is 2.17 bits per heavy atom. The number of rotatable bonds is 6. The zero-order valence-electron chi connectivity index (χ0n) is 11.1. The van der Waals surface area contributed by atoms with Crippen molar-refractivity contribution in [2.45, 2.75) is 26.3 Å². The van der Waals surface area contributed by atoms with Crippen LogP contribution in [0, 0.1) is 13.8 Å². The van der Waals surface area contributed by atoms with E-state index in [1.54, 1.807) is 7.11 Å². The van der Waals surface area contributed by atoms with Crippen molar-refractivity contribution in [3.8, 4) is 0 Å². The fourth-order valence-electron chi connectivity index (χ4n) is 1.79. The van der Waals surface area contributed by atoms with Crippen molar-refractivity contribution in [1.29, 1.82) is 0 Å². The van der Waals surface area contributed by atoms with Gasteiger partial charge in [0.1, 0.15) is 0 Å². The summed E-state index contributed by atoms with van der Waals surface area (Å²) >= 11 is 5.71. The lowest BCUT2D eigenvalue weighted by molar-refractivity contribution is 0.0894. The van der Waals surface area contributed by atoms with E-state index in [9.17, 15) is 4.79 Å². The highest BCUT2D eigenvalue weighted by atomic mass is 35.5. The van der Waals surface area contributed by atoms with Gasteiger partial charge in [0.2, 0.25) is 0 Å². The number of carbonyl (C=O) groups excluding carboxylic acids is 1. The van der Waals surface area contributed by atoms with Crippen molar-refractivity contribution in [1.82, 2.24) is 5.32 Å². The summed E-state index contributed by atoms with van der Waals surface area (Å²) in [7, 11) is 1.62. The van der Waals surface area contributed by atoms with E-state index in [2.05, 4.69) is 5.32 Å². The molecule has 1 rings (SSSR count). The van der Waals surface area contributed by atoms with Crippen molar-refractivity contribution >= 4 is 17.5 Å². The number of hydrogen-bond acceptors (Lipinski definition) is 2. The number of hydrogen-bond donors (Lipinski definition) is 1. The third-order valence-corrected chi connectivity index (χ3v) is 3.23. The number of ether oxygens (including phenoxy) is 1. The molecule has 0 aliphatic rings. The molecular weight excluding hydrogens is 250 g/mol. The highest BCUT2D eigenvalue weighted by Gasteiger charge is 2.15. The summed E-state index contributed by atoms with van der Waals surface area (Å²) in [5.74, 6) is 0.435. The first-order chi connectivity index (χ1) is 8.60. The van der Waals surface area contributed by atoms with E-state index < -0.39 is 0 Å². The Morgan fingerprint density at radius 1 is 1.44 bits per heavy atom. The van der Waals surface area contributed by atoms with Crippen LogP contribution < -0.4 is 5.32 Å². The van der Waals surface area contributed by atoms with Gasteiger partial charge in [0, 0.05) is 18.6 Å². The first-order valence-electron chi connectivity index (χ1n) is 6.02. The van der Waals surface area contributed by atoms with E-state index >= 15 is 0 Å². The largest absolute Gasteiger partial charge is 0.383 e. The summed E-state index contributed by atoms with van der Waals surface area (Å²) in [6.07, 6.45) is 0.700. The summed E-state index contributed by atoms with van der Waals surface area (Å²) in [5, 5.41) is 2.95. The number of aryl methyl sites for hydroxylation is 1. The molecule has 0 aromatic heterocycles. The van der Waals surface area contributed by atoms with Crippen LogP contribution in [0.1, 0.15) is 27.9 Å². The quantitative estimate of drug-likeness (QED) is 0.807. The monoisotopic (exact) mass is 269 g/mol. The van der Waals surface area contributed by atoms with Gasteiger partial charge in [-0.15, -0.1) is 11.6 Å². The average Bonchev–Trinajstić information content (AvgIpc) is 2.33. The van der Waals surface area contributed by atoms with Crippen LogP contribution in [0.25, 0.3) is 0 Å². The number of methoxy groups -OCH3 is 1. The van der Waals surface area contributed by atoms with Crippen LogP contribution in [0.2, 0.25) is 0 Å². The lowest BCUT2D eigenvalue weighted by Gasteiger charge is -2.18. The van der Waals surface area contributed by atoms with Crippen LogP contribution >= 0.6 is 11.6 Å². The zero-order valence-corrected chi connectivity index (χ0v) is 11.9. The molecule has 1 aromatic carbocycles. The number of benzene rings is 1. The molecule has 0 aliphatic heterocycles. The minimum Gasteiger partial charge on any atom is -0.383 e. The highest BCUT2D eigenvalue weighted by Crippen LogP contribution is 2.13. The Kier molecular flexibility index (Phi) is 6.16. The SMILES string of the molecule is COCC(CCCl)NC(=O)c1cccc(C)c1C. The number of alkyl halides is 1. The van der Waals surface area contributed by atoms with Crippen molar-refractivity contribution in [2.24, 2.45) is 0 Å². The number of amides is 1. The predicted octanol–water partition coefficient (Wildman–Crippen LogP) is 2.68. The zero-order chi connectivity index (χ0) is 13.5. The molecule has 0 radical (unpaired) electrons. The molecule has 100 valence electrons. The smallest absolute Gasteiger partial charge is 0.251 e. The van der Waals surface area contributed by atoms with Crippen LogP contribution in [0.3, 0.4) is 0 Å². The topological polar surface area (TPSA) is 38.3 Å². The summed E-state index contributed by atoms with van der Waals surface area (Å²) < 4.78 is 5.07. The Bertz CT molecular complexity index is 401. The molecule has 1 N–H and O–H groups in total. The van der Waals surface area contributed by atoms with E-state index in [1.807, 2.05) is 32.0 Å². The molecule has 3 nitrogen and oxygen atoms in total. The normalized spacial score (nSPS) is 12.2. The predicted molar refractivity (Wildman–Crippen MR) is 74.4 cm³/mol. The highest BCUT2D eigenvalue weighted by molar-refractivity contribution is 6.17. The lowest BCUT2D eigenvalue weighted by atomic mass is 10.0. The molecule has 1 atom stereocenters. The standard InChI is InChI=1S/C14H20ClNO2/c1-10-5-4-6-13(11(10)2)14(17)16-12(7-8-15)9-18-3/h4-6,12H,7-9H2,1-3H3,(H,16,17). The second kappa shape index (κ2) is 7.39. The molecule has 0 spiro atoms. The summed E-state index contributed by atoms with van der Waals surface area (Å²) in [6, 6.07) is 5.68. The Morgan fingerprint density at radius 3 is 2.78 bits per heavy atom. The van der Waals surface area contributed by atoms with Crippen molar-refractivity contribution in [2.75, 3.05) is 19.6 Å². The van der Waals surface area contributed by atoms with Crippen molar-refractivity contribution in [3.05, 3.63) is 34.9 Å². The van der Waals surface area contributed by atoms with E-state index in [4.69, 9.17) is 16.3 Å². The first kappa shape index (κ1) is 15.0. The van der Waals surface area contributed by atoms with E-state index in [-0.39, 0.29) is 11.9 Å². The molecule has 1 aromatic rings. The average molecular weight is 270 g/mol. The lowest BCUT2D eigenvalue weighted by Crippen LogP contribution is -2.38. The molecule has 0 saturated heterocycles. The first-order valence-corrected chi connectivity index (χ1v) is 6.55. The van der Waals surface area contributed by atoms with Gasteiger partial charge in [-0.2, -0.15) is 0 Å². The molecule has 0 aliphatic carbocycles. The van der Waals surface area contributed by atoms with Gasteiger partial charge in [0.25, 0.3) is 5.91 Å². The molecular formula is C14H20ClNO2. The van der Waals surface area contributed by atoms with Crippen LogP contribution in [-0.2, 0) is 4.74 Å². The van der Waals surface area contributed by atoms with E-state index in [0.717, 1.165) is 11.1 Å². The van der Waals surface area contributed by atoms with Crippen LogP contribution in [0.4, 0.5) is 0 Å². The molecule has 0 bridgehead atoms. The second-order valence-electron chi connectivity index (χ2n) is 4.35. The van der Waals surface area contributed by atoms with Gasteiger partial charge in [-0.1, -0.05) is 12.1 Å². The van der Waals surface area contributed by atoms with Gasteiger partial charge >= 0.3 is 0 Å². The van der Waals surface area contributed by atoms with Crippen molar-refractivity contribution in [3.63, 3.8) is 0 Å². The van der Waals surface area contributed by atoms with Crippen LogP contribution in [-0.4, -0.2) is 31.5 Å². The van der Waals surface area contributed by atoms with Crippen molar-refractivity contribution < 1.29 is 9.53 Å². The van der Waals surface area contributed by atoms with Crippen LogP contribution in [0.15, 0.2) is 18.2 Å². The summed E-state index contributed by atoms with van der Waals surface area (Å²) in [6.45, 7) is 4.43. The summed E-state index contributed by atoms with van der Waals surface area (Å²) in [4.78, 5) is 12.2. The van der Waals surface area contributed by atoms with E-state index in [1.165, 1.54) is 0 Å². The minimum absolute atomic E-state index is 0.0417. The fourth-order valence-corrected chi connectivity index (χ4v) is 2.05. The van der Waals surface area contributed by atoms with Gasteiger partial charge in [0.05, 0.1) is 12.6 Å². The molecule has 1 amide bonds. The van der Waals surface area contributed by atoms with Gasteiger partial charge in [-0.3, -0.25) is 4.79 Å². The Labute approximate surface area is 113 Å².